The number of nitrogens with zero attached hydrogens (tertiary/aromatic N) is 2. The van der Waals surface area contributed by atoms with Crippen LogP contribution in [0.4, 0.5) is 5.13 Å². The quantitative estimate of drug-likeness (QED) is 0.899. The van der Waals surface area contributed by atoms with Crippen molar-refractivity contribution in [2.24, 2.45) is 5.92 Å². The Hall–Kier alpha value is -1.62. The summed E-state index contributed by atoms with van der Waals surface area (Å²) >= 11 is 1.38. The molecule has 0 spiro atoms. The standard InChI is InChI=1S/C13H17N3OS/c1-9(2)8-14-13-15-12(16-18-13)10-6-4-5-7-11(10)17-3/h4-7,9H,8H2,1-3H3,(H,14,15,16). The lowest BCUT2D eigenvalue weighted by Crippen LogP contribution is -2.07. The second-order valence-electron chi connectivity index (χ2n) is 4.40. The predicted molar refractivity (Wildman–Crippen MR) is 75.2 cm³/mol. The number of aromatic nitrogens is 2. The molecule has 1 N–H and O–H groups in total. The van der Waals surface area contributed by atoms with Crippen molar-refractivity contribution >= 4 is 16.7 Å². The van der Waals surface area contributed by atoms with Gasteiger partial charge in [-0.05, 0) is 18.1 Å². The highest BCUT2D eigenvalue weighted by Gasteiger charge is 2.10. The number of methoxy groups -OCH3 is 1. The monoisotopic (exact) mass is 263 g/mol. The van der Waals surface area contributed by atoms with Crippen LogP contribution in [0.15, 0.2) is 24.3 Å². The van der Waals surface area contributed by atoms with Crippen molar-refractivity contribution in [2.75, 3.05) is 19.0 Å². The Kier molecular flexibility index (Phi) is 4.15. The number of hydrogen-bond donors (Lipinski definition) is 1. The van der Waals surface area contributed by atoms with E-state index in [2.05, 4.69) is 28.5 Å². The molecule has 2 aromatic rings. The number of nitrogens with one attached hydrogen (secondary N) is 1. The Morgan fingerprint density at radius 2 is 2.11 bits per heavy atom. The van der Waals surface area contributed by atoms with Crippen molar-refractivity contribution in [2.45, 2.75) is 13.8 Å². The minimum atomic E-state index is 0.587. The topological polar surface area (TPSA) is 47.0 Å². The van der Waals surface area contributed by atoms with Crippen LogP contribution in [0.25, 0.3) is 11.4 Å². The molecule has 0 aliphatic carbocycles. The van der Waals surface area contributed by atoms with E-state index in [0.29, 0.717) is 11.7 Å². The molecule has 0 amide bonds. The van der Waals surface area contributed by atoms with Crippen LogP contribution in [-0.4, -0.2) is 23.0 Å². The summed E-state index contributed by atoms with van der Waals surface area (Å²) < 4.78 is 9.67. The second-order valence-corrected chi connectivity index (χ2v) is 5.15. The molecular formula is C13H17N3OS. The predicted octanol–water partition coefficient (Wildman–Crippen LogP) is 3.28. The first-order valence-corrected chi connectivity index (χ1v) is 6.69. The SMILES string of the molecule is COc1ccccc1-c1nsc(NCC(C)C)n1. The molecule has 1 heterocycles. The molecule has 0 unspecified atom stereocenters. The molecule has 1 aromatic carbocycles. The fraction of sp³-hybridized carbons (Fsp3) is 0.385. The third kappa shape index (κ3) is 2.98. The summed E-state index contributed by atoms with van der Waals surface area (Å²) in [6.07, 6.45) is 0. The zero-order chi connectivity index (χ0) is 13.0. The number of rotatable bonds is 5. The van der Waals surface area contributed by atoms with Crippen LogP contribution in [-0.2, 0) is 0 Å². The molecule has 0 saturated heterocycles. The molecule has 0 fully saturated rings. The molecule has 5 heteroatoms. The molecule has 0 saturated carbocycles. The van der Waals surface area contributed by atoms with E-state index in [4.69, 9.17) is 4.74 Å². The van der Waals surface area contributed by atoms with Crippen molar-refractivity contribution in [3.8, 4) is 17.1 Å². The lowest BCUT2D eigenvalue weighted by molar-refractivity contribution is 0.416. The Morgan fingerprint density at radius 1 is 1.33 bits per heavy atom. The van der Waals surface area contributed by atoms with Crippen LogP contribution in [0.3, 0.4) is 0 Å². The van der Waals surface area contributed by atoms with Crippen LogP contribution in [0.2, 0.25) is 0 Å². The van der Waals surface area contributed by atoms with Crippen LogP contribution >= 0.6 is 11.5 Å². The molecule has 0 bridgehead atoms. The summed E-state index contributed by atoms with van der Waals surface area (Å²) in [5.41, 5.74) is 0.925. The summed E-state index contributed by atoms with van der Waals surface area (Å²) in [7, 11) is 1.66. The minimum absolute atomic E-state index is 0.587. The van der Waals surface area contributed by atoms with Gasteiger partial charge >= 0.3 is 0 Å². The number of hydrogen-bond acceptors (Lipinski definition) is 5. The molecule has 0 aliphatic rings. The zero-order valence-corrected chi connectivity index (χ0v) is 11.6. The van der Waals surface area contributed by atoms with E-state index in [1.807, 2.05) is 24.3 Å². The van der Waals surface area contributed by atoms with Crippen molar-refractivity contribution in [1.29, 1.82) is 0 Å². The number of anilines is 1. The van der Waals surface area contributed by atoms with Crippen molar-refractivity contribution in [3.05, 3.63) is 24.3 Å². The van der Waals surface area contributed by atoms with Gasteiger partial charge in [-0.2, -0.15) is 9.36 Å². The highest BCUT2D eigenvalue weighted by atomic mass is 32.1. The van der Waals surface area contributed by atoms with Crippen LogP contribution in [0.1, 0.15) is 13.8 Å². The summed E-state index contributed by atoms with van der Waals surface area (Å²) in [6, 6.07) is 7.78. The van der Waals surface area contributed by atoms with E-state index in [0.717, 1.165) is 23.0 Å². The van der Waals surface area contributed by atoms with Crippen molar-refractivity contribution in [3.63, 3.8) is 0 Å². The normalized spacial score (nSPS) is 10.7. The molecular weight excluding hydrogens is 246 g/mol. The molecule has 1 aromatic heterocycles. The van der Waals surface area contributed by atoms with Gasteiger partial charge in [0.15, 0.2) is 5.82 Å². The number of para-hydroxylation sites is 1. The van der Waals surface area contributed by atoms with Crippen LogP contribution in [0, 0.1) is 5.92 Å². The van der Waals surface area contributed by atoms with Gasteiger partial charge in [0.25, 0.3) is 0 Å². The molecule has 0 atom stereocenters. The Balaban J connectivity index is 2.18. The van der Waals surface area contributed by atoms with Gasteiger partial charge in [-0.1, -0.05) is 26.0 Å². The van der Waals surface area contributed by atoms with Crippen molar-refractivity contribution < 1.29 is 4.74 Å². The first-order chi connectivity index (χ1) is 8.70. The average molecular weight is 263 g/mol. The van der Waals surface area contributed by atoms with Gasteiger partial charge in [0.1, 0.15) is 5.75 Å². The van der Waals surface area contributed by atoms with Crippen LogP contribution < -0.4 is 10.1 Å². The largest absolute Gasteiger partial charge is 0.496 e. The van der Waals surface area contributed by atoms with Gasteiger partial charge in [0, 0.05) is 18.1 Å². The summed E-state index contributed by atoms with van der Waals surface area (Å²) in [4.78, 5) is 4.48. The summed E-state index contributed by atoms with van der Waals surface area (Å²) in [5.74, 6) is 2.10. The minimum Gasteiger partial charge on any atom is -0.496 e. The maximum absolute atomic E-state index is 5.31. The first-order valence-electron chi connectivity index (χ1n) is 5.91. The Bertz CT molecular complexity index is 510. The second kappa shape index (κ2) is 5.82. The van der Waals surface area contributed by atoms with Gasteiger partial charge in [-0.3, -0.25) is 0 Å². The lowest BCUT2D eigenvalue weighted by Gasteiger charge is -2.05. The Morgan fingerprint density at radius 3 is 2.83 bits per heavy atom. The first kappa shape index (κ1) is 12.8. The smallest absolute Gasteiger partial charge is 0.202 e. The molecule has 0 radical (unpaired) electrons. The third-order valence-corrected chi connectivity index (χ3v) is 3.11. The molecule has 2 rings (SSSR count). The summed E-state index contributed by atoms with van der Waals surface area (Å²) in [5, 5.41) is 4.13. The van der Waals surface area contributed by atoms with Gasteiger partial charge in [-0.15, -0.1) is 0 Å². The average Bonchev–Trinajstić information content (AvgIpc) is 2.85. The van der Waals surface area contributed by atoms with E-state index in [9.17, 15) is 0 Å². The van der Waals surface area contributed by atoms with Crippen molar-refractivity contribution in [1.82, 2.24) is 9.36 Å². The van der Waals surface area contributed by atoms with E-state index >= 15 is 0 Å². The number of benzene rings is 1. The summed E-state index contributed by atoms with van der Waals surface area (Å²) in [6.45, 7) is 5.23. The highest BCUT2D eigenvalue weighted by molar-refractivity contribution is 7.09. The molecule has 4 nitrogen and oxygen atoms in total. The van der Waals surface area contributed by atoms with Gasteiger partial charge in [0.2, 0.25) is 5.13 Å². The fourth-order valence-corrected chi connectivity index (χ4v) is 2.11. The molecule has 96 valence electrons. The van der Waals surface area contributed by atoms with Gasteiger partial charge in [-0.25, -0.2) is 0 Å². The maximum Gasteiger partial charge on any atom is 0.202 e. The van der Waals surface area contributed by atoms with Gasteiger partial charge < -0.3 is 10.1 Å². The maximum atomic E-state index is 5.31. The third-order valence-electron chi connectivity index (χ3n) is 2.44. The molecule has 0 aliphatic heterocycles. The van der Waals surface area contributed by atoms with Gasteiger partial charge in [0.05, 0.1) is 12.7 Å². The molecule has 18 heavy (non-hydrogen) atoms. The van der Waals surface area contributed by atoms with E-state index < -0.39 is 0 Å². The zero-order valence-electron chi connectivity index (χ0n) is 10.8. The number of ether oxygens (including phenoxy) is 1. The van der Waals surface area contributed by atoms with E-state index in [-0.39, 0.29) is 0 Å². The van der Waals surface area contributed by atoms with E-state index in [1.165, 1.54) is 11.5 Å². The highest BCUT2D eigenvalue weighted by Crippen LogP contribution is 2.29. The Labute approximate surface area is 111 Å². The van der Waals surface area contributed by atoms with Crippen LogP contribution in [0.5, 0.6) is 5.75 Å². The fourth-order valence-electron chi connectivity index (χ4n) is 1.53. The van der Waals surface area contributed by atoms with E-state index in [1.54, 1.807) is 7.11 Å². The lowest BCUT2D eigenvalue weighted by atomic mass is 10.2.